The average molecular weight is 252 g/mol. The van der Waals surface area contributed by atoms with Crippen molar-refractivity contribution < 1.29 is 4.79 Å². The average Bonchev–Trinajstić information content (AvgIpc) is 2.61. The van der Waals surface area contributed by atoms with Gasteiger partial charge in [-0.2, -0.15) is 0 Å². The molecule has 3 atom stereocenters. The Morgan fingerprint density at radius 3 is 2.50 bits per heavy atom. The second-order valence-corrected chi connectivity index (χ2v) is 6.36. The molecule has 2 rings (SSSR count). The second kappa shape index (κ2) is 5.20. The first kappa shape index (κ1) is 13.9. The maximum Gasteiger partial charge on any atom is 0.244 e. The summed E-state index contributed by atoms with van der Waals surface area (Å²) in [6.07, 6.45) is 7.68. The number of nitrogens with zero attached hydrogens (tertiary/aromatic N) is 1. The fourth-order valence-electron chi connectivity index (χ4n) is 3.69. The molecule has 1 aliphatic carbocycles. The SMILES string of the molecule is CCC1(C)NC(C)N(C(C)C2CCCCC2)C1=O. The molecule has 1 N–H and O–H groups in total. The van der Waals surface area contributed by atoms with E-state index in [9.17, 15) is 4.79 Å². The molecule has 2 aliphatic rings. The highest BCUT2D eigenvalue weighted by Crippen LogP contribution is 2.33. The Kier molecular flexibility index (Phi) is 4.00. The van der Waals surface area contributed by atoms with E-state index in [1.807, 2.05) is 6.92 Å². The maximum atomic E-state index is 12.6. The van der Waals surface area contributed by atoms with Crippen molar-refractivity contribution in [3.8, 4) is 0 Å². The number of rotatable bonds is 3. The summed E-state index contributed by atoms with van der Waals surface area (Å²) in [6.45, 7) is 8.50. The van der Waals surface area contributed by atoms with Gasteiger partial charge in [-0.25, -0.2) is 0 Å². The van der Waals surface area contributed by atoms with Gasteiger partial charge in [-0.1, -0.05) is 26.2 Å². The molecule has 3 nitrogen and oxygen atoms in total. The first-order valence-corrected chi connectivity index (χ1v) is 7.60. The number of carbonyl (C=O) groups is 1. The fourth-order valence-corrected chi connectivity index (χ4v) is 3.69. The number of carbonyl (C=O) groups excluding carboxylic acids is 1. The molecule has 3 heteroatoms. The number of amides is 1. The van der Waals surface area contributed by atoms with Crippen molar-refractivity contribution in [2.75, 3.05) is 0 Å². The predicted molar refractivity (Wildman–Crippen MR) is 74.2 cm³/mol. The molecule has 18 heavy (non-hydrogen) atoms. The van der Waals surface area contributed by atoms with E-state index < -0.39 is 0 Å². The Bertz CT molecular complexity index is 312. The van der Waals surface area contributed by atoms with Crippen molar-refractivity contribution in [1.82, 2.24) is 10.2 Å². The summed E-state index contributed by atoms with van der Waals surface area (Å²) in [7, 11) is 0. The standard InChI is InChI=1S/C15H28N2O/c1-5-15(4)14(18)17(12(3)16-15)11(2)13-9-7-6-8-10-13/h11-13,16H,5-10H2,1-4H3. The van der Waals surface area contributed by atoms with Crippen molar-refractivity contribution in [1.29, 1.82) is 0 Å². The van der Waals surface area contributed by atoms with Crippen LogP contribution in [0.3, 0.4) is 0 Å². The van der Waals surface area contributed by atoms with Gasteiger partial charge in [-0.05, 0) is 46.0 Å². The topological polar surface area (TPSA) is 32.3 Å². The summed E-state index contributed by atoms with van der Waals surface area (Å²) in [5.74, 6) is 1.00. The first-order chi connectivity index (χ1) is 8.49. The summed E-state index contributed by atoms with van der Waals surface area (Å²) < 4.78 is 0. The normalized spacial score (nSPS) is 36.1. The third-order valence-corrected chi connectivity index (χ3v) is 5.13. The highest BCUT2D eigenvalue weighted by molar-refractivity contribution is 5.88. The van der Waals surface area contributed by atoms with E-state index in [0.29, 0.717) is 17.9 Å². The summed E-state index contributed by atoms with van der Waals surface area (Å²) in [5, 5.41) is 3.48. The third kappa shape index (κ3) is 2.29. The maximum absolute atomic E-state index is 12.6. The van der Waals surface area contributed by atoms with Gasteiger partial charge in [0.2, 0.25) is 5.91 Å². The van der Waals surface area contributed by atoms with Crippen LogP contribution in [0, 0.1) is 5.92 Å². The number of hydrogen-bond acceptors (Lipinski definition) is 2. The van der Waals surface area contributed by atoms with Crippen LogP contribution in [-0.4, -0.2) is 28.6 Å². The van der Waals surface area contributed by atoms with E-state index in [1.165, 1.54) is 32.1 Å². The van der Waals surface area contributed by atoms with Gasteiger partial charge in [-0.3, -0.25) is 10.1 Å². The zero-order valence-electron chi connectivity index (χ0n) is 12.3. The van der Waals surface area contributed by atoms with Gasteiger partial charge in [0.15, 0.2) is 0 Å². The number of nitrogens with one attached hydrogen (secondary N) is 1. The molecule has 1 saturated carbocycles. The third-order valence-electron chi connectivity index (χ3n) is 5.13. The Balaban J connectivity index is 2.10. The largest absolute Gasteiger partial charge is 0.323 e. The lowest BCUT2D eigenvalue weighted by molar-refractivity contribution is -0.135. The molecule has 1 amide bonds. The molecule has 2 fully saturated rings. The summed E-state index contributed by atoms with van der Waals surface area (Å²) in [5.41, 5.74) is -0.345. The summed E-state index contributed by atoms with van der Waals surface area (Å²) in [6, 6.07) is 0.383. The molecular weight excluding hydrogens is 224 g/mol. The van der Waals surface area contributed by atoms with E-state index in [-0.39, 0.29) is 11.7 Å². The van der Waals surface area contributed by atoms with Crippen LogP contribution in [0.2, 0.25) is 0 Å². The predicted octanol–water partition coefficient (Wildman–Crippen LogP) is 2.90. The quantitative estimate of drug-likeness (QED) is 0.837. The van der Waals surface area contributed by atoms with Crippen LogP contribution in [0.4, 0.5) is 0 Å². The molecule has 1 aliphatic heterocycles. The van der Waals surface area contributed by atoms with Crippen molar-refractivity contribution in [2.45, 2.75) is 84.0 Å². The van der Waals surface area contributed by atoms with Crippen molar-refractivity contribution in [3.63, 3.8) is 0 Å². The van der Waals surface area contributed by atoms with Gasteiger partial charge < -0.3 is 4.90 Å². The van der Waals surface area contributed by atoms with Crippen LogP contribution < -0.4 is 5.32 Å². The highest BCUT2D eigenvalue weighted by atomic mass is 16.2. The lowest BCUT2D eigenvalue weighted by Gasteiger charge is -2.36. The van der Waals surface area contributed by atoms with Crippen LogP contribution >= 0.6 is 0 Å². The number of hydrogen-bond donors (Lipinski definition) is 1. The molecular formula is C15H28N2O. The minimum atomic E-state index is -0.345. The fraction of sp³-hybridized carbons (Fsp3) is 0.933. The van der Waals surface area contributed by atoms with E-state index >= 15 is 0 Å². The molecule has 0 radical (unpaired) electrons. The Labute approximate surface area is 111 Å². The Hall–Kier alpha value is -0.570. The Morgan fingerprint density at radius 2 is 2.00 bits per heavy atom. The van der Waals surface area contributed by atoms with Crippen LogP contribution in [0.5, 0.6) is 0 Å². The first-order valence-electron chi connectivity index (χ1n) is 7.60. The van der Waals surface area contributed by atoms with Crippen LogP contribution in [0.25, 0.3) is 0 Å². The molecule has 0 bridgehead atoms. The lowest BCUT2D eigenvalue weighted by Crippen LogP contribution is -2.46. The molecule has 0 aromatic heterocycles. The molecule has 0 spiro atoms. The van der Waals surface area contributed by atoms with Crippen LogP contribution in [-0.2, 0) is 4.79 Å². The van der Waals surface area contributed by atoms with Gasteiger partial charge in [0.25, 0.3) is 0 Å². The molecule has 1 heterocycles. The minimum absolute atomic E-state index is 0.180. The molecule has 0 aromatic rings. The van der Waals surface area contributed by atoms with Gasteiger partial charge in [0, 0.05) is 6.04 Å². The van der Waals surface area contributed by atoms with Crippen molar-refractivity contribution >= 4 is 5.91 Å². The lowest BCUT2D eigenvalue weighted by atomic mass is 9.83. The van der Waals surface area contributed by atoms with Crippen LogP contribution in [0.1, 0.15) is 66.2 Å². The Morgan fingerprint density at radius 1 is 1.39 bits per heavy atom. The van der Waals surface area contributed by atoms with E-state index in [0.717, 1.165) is 6.42 Å². The molecule has 104 valence electrons. The highest BCUT2D eigenvalue weighted by Gasteiger charge is 2.47. The van der Waals surface area contributed by atoms with Gasteiger partial charge >= 0.3 is 0 Å². The van der Waals surface area contributed by atoms with Crippen molar-refractivity contribution in [2.24, 2.45) is 5.92 Å². The zero-order chi connectivity index (χ0) is 13.3. The zero-order valence-corrected chi connectivity index (χ0v) is 12.3. The van der Waals surface area contributed by atoms with Gasteiger partial charge in [0.1, 0.15) is 0 Å². The summed E-state index contributed by atoms with van der Waals surface area (Å²) >= 11 is 0. The van der Waals surface area contributed by atoms with Gasteiger partial charge in [0.05, 0.1) is 11.7 Å². The summed E-state index contributed by atoms with van der Waals surface area (Å²) in [4.78, 5) is 14.7. The molecule has 0 aromatic carbocycles. The van der Waals surface area contributed by atoms with Crippen LogP contribution in [0.15, 0.2) is 0 Å². The minimum Gasteiger partial charge on any atom is -0.323 e. The second-order valence-electron chi connectivity index (χ2n) is 6.36. The van der Waals surface area contributed by atoms with E-state index in [2.05, 4.69) is 31.0 Å². The monoisotopic (exact) mass is 252 g/mol. The van der Waals surface area contributed by atoms with Crippen molar-refractivity contribution in [3.05, 3.63) is 0 Å². The smallest absolute Gasteiger partial charge is 0.244 e. The van der Waals surface area contributed by atoms with Gasteiger partial charge in [-0.15, -0.1) is 0 Å². The van der Waals surface area contributed by atoms with E-state index in [4.69, 9.17) is 0 Å². The molecule has 1 saturated heterocycles. The molecule has 3 unspecified atom stereocenters. The van der Waals surface area contributed by atoms with E-state index in [1.54, 1.807) is 0 Å².